The van der Waals surface area contributed by atoms with Gasteiger partial charge in [0, 0.05) is 23.4 Å². The molecule has 3 N–H and O–H groups in total. The topological polar surface area (TPSA) is 69.6 Å². The van der Waals surface area contributed by atoms with E-state index in [2.05, 4.69) is 5.32 Å². The van der Waals surface area contributed by atoms with Crippen LogP contribution >= 0.6 is 0 Å². The van der Waals surface area contributed by atoms with E-state index < -0.39 is 11.7 Å². The summed E-state index contributed by atoms with van der Waals surface area (Å²) in [5, 5.41) is 21.0. The Morgan fingerprint density at radius 1 is 1.29 bits per heavy atom. The van der Waals surface area contributed by atoms with Gasteiger partial charge in [-0.05, 0) is 6.07 Å². The molecule has 0 amide bonds. The molecule has 72 valence electrons. The number of carbonyl (C=O) groups is 1. The van der Waals surface area contributed by atoms with Crippen molar-refractivity contribution in [2.45, 2.75) is 0 Å². The predicted octanol–water partition coefficient (Wildman–Crippen LogP) is 1.47. The first kappa shape index (κ1) is 8.62. The Labute approximate surface area is 80.5 Å². The summed E-state index contributed by atoms with van der Waals surface area (Å²) in [5.74, 6) is -1.87. The standard InChI is InChI=1S/C10H9NO3/c12-9(10(13)14)7-5-11-8-4-2-1-3-6(7)8/h1-4,11-12H,5H2,(H,13,14)/b9-7-. The van der Waals surface area contributed by atoms with E-state index in [1.54, 1.807) is 12.1 Å². The molecule has 0 unspecified atom stereocenters. The number of anilines is 1. The molecule has 0 saturated heterocycles. The summed E-state index contributed by atoms with van der Waals surface area (Å²) in [6, 6.07) is 7.29. The van der Waals surface area contributed by atoms with E-state index in [1.165, 1.54) is 0 Å². The number of nitrogens with one attached hydrogen (secondary N) is 1. The summed E-state index contributed by atoms with van der Waals surface area (Å²) in [6.07, 6.45) is 0. The molecule has 1 aromatic carbocycles. The van der Waals surface area contributed by atoms with Gasteiger partial charge in [-0.2, -0.15) is 0 Å². The minimum absolute atomic E-state index is 0.359. The monoisotopic (exact) mass is 191 g/mol. The molecule has 0 atom stereocenters. The molecule has 2 rings (SSSR count). The number of carboxylic acids is 1. The SMILES string of the molecule is O=C(O)/C(O)=C1\CNc2ccccc21. The summed E-state index contributed by atoms with van der Waals surface area (Å²) >= 11 is 0. The van der Waals surface area contributed by atoms with Crippen LogP contribution in [-0.2, 0) is 4.79 Å². The number of aliphatic carboxylic acids is 1. The second kappa shape index (κ2) is 3.06. The van der Waals surface area contributed by atoms with Crippen molar-refractivity contribution in [3.63, 3.8) is 0 Å². The Balaban J connectivity index is 2.54. The smallest absolute Gasteiger partial charge is 0.371 e. The molecule has 14 heavy (non-hydrogen) atoms. The number of aliphatic hydroxyl groups is 1. The Morgan fingerprint density at radius 3 is 2.71 bits per heavy atom. The van der Waals surface area contributed by atoms with Gasteiger partial charge in [-0.3, -0.25) is 0 Å². The molecule has 1 aromatic rings. The van der Waals surface area contributed by atoms with Crippen molar-refractivity contribution in [2.24, 2.45) is 0 Å². The average molecular weight is 191 g/mol. The van der Waals surface area contributed by atoms with Gasteiger partial charge in [0.2, 0.25) is 5.76 Å². The van der Waals surface area contributed by atoms with Crippen molar-refractivity contribution in [1.82, 2.24) is 0 Å². The normalized spacial score (nSPS) is 17.1. The maximum atomic E-state index is 10.6. The molecule has 0 aliphatic carbocycles. The molecular formula is C10H9NO3. The Bertz CT molecular complexity index is 423. The molecule has 1 aliphatic heterocycles. The Hall–Kier alpha value is -1.97. The van der Waals surface area contributed by atoms with Gasteiger partial charge in [0.15, 0.2) is 0 Å². The summed E-state index contributed by atoms with van der Waals surface area (Å²) in [6.45, 7) is 0.359. The van der Waals surface area contributed by atoms with Gasteiger partial charge >= 0.3 is 5.97 Å². The molecule has 4 heteroatoms. The van der Waals surface area contributed by atoms with E-state index in [4.69, 9.17) is 5.11 Å². The third kappa shape index (κ3) is 1.21. The second-order valence-corrected chi connectivity index (χ2v) is 3.03. The van der Waals surface area contributed by atoms with Crippen LogP contribution in [0.4, 0.5) is 5.69 Å². The van der Waals surface area contributed by atoms with Crippen LogP contribution in [-0.4, -0.2) is 22.7 Å². The zero-order chi connectivity index (χ0) is 10.1. The van der Waals surface area contributed by atoms with E-state index in [0.29, 0.717) is 12.1 Å². The van der Waals surface area contributed by atoms with Crippen molar-refractivity contribution < 1.29 is 15.0 Å². The molecular weight excluding hydrogens is 182 g/mol. The molecule has 0 aromatic heterocycles. The van der Waals surface area contributed by atoms with E-state index in [-0.39, 0.29) is 0 Å². The fourth-order valence-electron chi connectivity index (χ4n) is 1.52. The third-order valence-corrected chi connectivity index (χ3v) is 2.20. The van der Waals surface area contributed by atoms with Crippen molar-refractivity contribution in [1.29, 1.82) is 0 Å². The maximum Gasteiger partial charge on any atom is 0.371 e. The number of carboxylic acid groups (broad SMARTS) is 1. The molecule has 0 radical (unpaired) electrons. The minimum Gasteiger partial charge on any atom is -0.502 e. The van der Waals surface area contributed by atoms with Crippen LogP contribution in [0.1, 0.15) is 5.56 Å². The van der Waals surface area contributed by atoms with Gasteiger partial charge < -0.3 is 15.5 Å². The van der Waals surface area contributed by atoms with Crippen molar-refractivity contribution in [3.8, 4) is 0 Å². The lowest BCUT2D eigenvalue weighted by molar-refractivity contribution is -0.135. The number of fused-ring (bicyclic) bond motifs is 1. The minimum atomic E-state index is -1.29. The fraction of sp³-hybridized carbons (Fsp3) is 0.100. The van der Waals surface area contributed by atoms with Gasteiger partial charge in [0.1, 0.15) is 0 Å². The highest BCUT2D eigenvalue weighted by atomic mass is 16.4. The quantitative estimate of drug-likeness (QED) is 0.464. The highest BCUT2D eigenvalue weighted by Crippen LogP contribution is 2.31. The van der Waals surface area contributed by atoms with Crippen LogP contribution in [0, 0.1) is 0 Å². The number of hydrogen-bond acceptors (Lipinski definition) is 3. The fourth-order valence-corrected chi connectivity index (χ4v) is 1.52. The Morgan fingerprint density at radius 2 is 2.00 bits per heavy atom. The van der Waals surface area contributed by atoms with Gasteiger partial charge in [0.05, 0.1) is 0 Å². The largest absolute Gasteiger partial charge is 0.502 e. The lowest BCUT2D eigenvalue weighted by Gasteiger charge is -1.99. The van der Waals surface area contributed by atoms with Gasteiger partial charge in [0.25, 0.3) is 0 Å². The van der Waals surface area contributed by atoms with Crippen molar-refractivity contribution in [3.05, 3.63) is 35.6 Å². The van der Waals surface area contributed by atoms with Crippen LogP contribution < -0.4 is 5.32 Å². The molecule has 4 nitrogen and oxygen atoms in total. The van der Waals surface area contributed by atoms with Gasteiger partial charge in [-0.1, -0.05) is 18.2 Å². The highest BCUT2D eigenvalue weighted by molar-refractivity contribution is 5.98. The number of para-hydroxylation sites is 1. The van der Waals surface area contributed by atoms with E-state index in [0.717, 1.165) is 11.3 Å². The third-order valence-electron chi connectivity index (χ3n) is 2.20. The van der Waals surface area contributed by atoms with Crippen LogP contribution in [0.3, 0.4) is 0 Å². The van der Waals surface area contributed by atoms with Crippen LogP contribution in [0.5, 0.6) is 0 Å². The number of rotatable bonds is 1. The first-order chi connectivity index (χ1) is 6.70. The molecule has 0 saturated carbocycles. The Kier molecular flexibility index (Phi) is 1.89. The lowest BCUT2D eigenvalue weighted by atomic mass is 10.1. The van der Waals surface area contributed by atoms with Gasteiger partial charge in [-0.15, -0.1) is 0 Å². The highest BCUT2D eigenvalue weighted by Gasteiger charge is 2.21. The van der Waals surface area contributed by atoms with E-state index in [9.17, 15) is 9.90 Å². The number of hydrogen-bond donors (Lipinski definition) is 3. The molecule has 1 heterocycles. The zero-order valence-corrected chi connectivity index (χ0v) is 7.32. The summed E-state index contributed by atoms with van der Waals surface area (Å²) < 4.78 is 0. The van der Waals surface area contributed by atoms with Crippen LogP contribution in [0.25, 0.3) is 5.57 Å². The van der Waals surface area contributed by atoms with Crippen molar-refractivity contribution >= 4 is 17.2 Å². The van der Waals surface area contributed by atoms with E-state index >= 15 is 0 Å². The molecule has 0 bridgehead atoms. The second-order valence-electron chi connectivity index (χ2n) is 3.03. The van der Waals surface area contributed by atoms with Gasteiger partial charge in [-0.25, -0.2) is 4.79 Å². The number of benzene rings is 1. The van der Waals surface area contributed by atoms with Crippen LogP contribution in [0.15, 0.2) is 30.0 Å². The molecule has 1 aliphatic rings. The maximum absolute atomic E-state index is 10.6. The van der Waals surface area contributed by atoms with Crippen molar-refractivity contribution in [2.75, 3.05) is 11.9 Å². The summed E-state index contributed by atoms with van der Waals surface area (Å²) in [5.41, 5.74) is 2.05. The number of aliphatic hydroxyl groups excluding tert-OH is 1. The summed E-state index contributed by atoms with van der Waals surface area (Å²) in [7, 11) is 0. The summed E-state index contributed by atoms with van der Waals surface area (Å²) in [4.78, 5) is 10.6. The molecule has 0 fully saturated rings. The van der Waals surface area contributed by atoms with Crippen LogP contribution in [0.2, 0.25) is 0 Å². The van der Waals surface area contributed by atoms with E-state index in [1.807, 2.05) is 12.1 Å². The lowest BCUT2D eigenvalue weighted by Crippen LogP contribution is -2.04. The first-order valence-corrected chi connectivity index (χ1v) is 4.19. The average Bonchev–Trinajstić information content (AvgIpc) is 2.60. The predicted molar refractivity (Wildman–Crippen MR) is 52.1 cm³/mol. The zero-order valence-electron chi connectivity index (χ0n) is 7.32. The first-order valence-electron chi connectivity index (χ1n) is 4.19. The molecule has 0 spiro atoms.